The monoisotopic (exact) mass is 602 g/mol. The first kappa shape index (κ1) is 31.9. The number of ether oxygens (including phenoxy) is 2. The molecule has 44 heavy (non-hydrogen) atoms. The van der Waals surface area contributed by atoms with Gasteiger partial charge in [0.25, 0.3) is 0 Å². The minimum atomic E-state index is -0.424. The maximum absolute atomic E-state index is 14.2. The van der Waals surface area contributed by atoms with E-state index in [1.54, 1.807) is 5.57 Å². The van der Waals surface area contributed by atoms with E-state index in [2.05, 4.69) is 54.5 Å². The highest BCUT2D eigenvalue weighted by atomic mass is 16.5. The second-order valence-corrected chi connectivity index (χ2v) is 17.8. The van der Waals surface area contributed by atoms with Gasteiger partial charge in [-0.15, -0.1) is 0 Å². The molecule has 0 heterocycles. The summed E-state index contributed by atoms with van der Waals surface area (Å²) in [7, 11) is 0. The Bertz CT molecular complexity index is 1310. The van der Waals surface area contributed by atoms with Crippen LogP contribution in [-0.4, -0.2) is 18.0 Å². The van der Waals surface area contributed by atoms with Crippen molar-refractivity contribution in [2.75, 3.05) is 0 Å². The zero-order valence-electron chi connectivity index (χ0n) is 28.9. The summed E-state index contributed by atoms with van der Waals surface area (Å²) in [5.74, 6) is 1.35. The second-order valence-electron chi connectivity index (χ2n) is 17.8. The van der Waals surface area contributed by atoms with Crippen LogP contribution in [0, 0.1) is 50.2 Å². The molecule has 8 atom stereocenters. The first-order valence-corrected chi connectivity index (χ1v) is 17.7. The molecule has 5 aliphatic rings. The molecule has 5 aliphatic carbocycles. The molecule has 0 amide bonds. The Kier molecular flexibility index (Phi) is 7.77. The third-order valence-corrected chi connectivity index (χ3v) is 14.5. The van der Waals surface area contributed by atoms with E-state index < -0.39 is 5.41 Å². The SMILES string of the molecule is CCC(=O)O[C@@H]1CC(C)(C)C2CC[C@]3(C)C(CC=C4C5CC(C)(C)CC[C@]5(C(=O)OCc5ccccc5)CC[C@]43C)[C@@]2(C)C1. The van der Waals surface area contributed by atoms with Crippen molar-refractivity contribution in [3.63, 3.8) is 0 Å². The summed E-state index contributed by atoms with van der Waals surface area (Å²) < 4.78 is 12.3. The van der Waals surface area contributed by atoms with Crippen LogP contribution in [0.3, 0.4) is 0 Å². The average molecular weight is 603 g/mol. The summed E-state index contributed by atoms with van der Waals surface area (Å²) >= 11 is 0. The van der Waals surface area contributed by atoms with Crippen LogP contribution in [0.15, 0.2) is 42.0 Å². The van der Waals surface area contributed by atoms with E-state index in [0.29, 0.717) is 24.9 Å². The van der Waals surface area contributed by atoms with Crippen molar-refractivity contribution in [1.29, 1.82) is 0 Å². The number of esters is 2. The lowest BCUT2D eigenvalue weighted by molar-refractivity contribution is -0.208. The Morgan fingerprint density at radius 3 is 2.25 bits per heavy atom. The summed E-state index contributed by atoms with van der Waals surface area (Å²) in [5, 5.41) is 0. The Morgan fingerprint density at radius 2 is 1.55 bits per heavy atom. The molecule has 0 radical (unpaired) electrons. The molecule has 3 unspecified atom stereocenters. The molecule has 0 aliphatic heterocycles. The molecule has 4 heteroatoms. The highest BCUT2D eigenvalue weighted by Gasteiger charge is 2.69. The largest absolute Gasteiger partial charge is 0.462 e. The maximum atomic E-state index is 14.2. The van der Waals surface area contributed by atoms with Crippen LogP contribution in [-0.2, 0) is 25.7 Å². The molecule has 4 saturated carbocycles. The molecule has 1 aromatic carbocycles. The molecule has 242 valence electrons. The van der Waals surface area contributed by atoms with Crippen LogP contribution in [0.4, 0.5) is 0 Å². The van der Waals surface area contributed by atoms with Gasteiger partial charge < -0.3 is 9.47 Å². The summed E-state index contributed by atoms with van der Waals surface area (Å²) in [6, 6.07) is 10.1. The fraction of sp³-hybridized carbons (Fsp3) is 0.750. The van der Waals surface area contributed by atoms with E-state index in [4.69, 9.17) is 9.47 Å². The van der Waals surface area contributed by atoms with Crippen molar-refractivity contribution < 1.29 is 19.1 Å². The Morgan fingerprint density at radius 1 is 0.841 bits per heavy atom. The summed E-state index contributed by atoms with van der Waals surface area (Å²) in [5.41, 5.74) is 2.83. The predicted octanol–water partition coefficient (Wildman–Crippen LogP) is 9.85. The van der Waals surface area contributed by atoms with Gasteiger partial charge in [-0.2, -0.15) is 0 Å². The number of carbonyl (C=O) groups excluding carboxylic acids is 2. The standard InChI is InChI=1S/C40H58O4/c1-9-33(41)44-28-23-36(4,5)31-17-18-39(8)32(37(31,6)24-28)16-15-29-30-25-35(2,3)19-21-40(30,22-20-38(29,39)7)34(42)43-26-27-13-11-10-12-14-27/h10-15,28,30-32H,9,16-26H2,1-8H3/t28-,30?,31?,32?,37+,38-,39-,40+/m1/s1. The lowest BCUT2D eigenvalue weighted by Crippen LogP contribution is -2.65. The summed E-state index contributed by atoms with van der Waals surface area (Å²) in [4.78, 5) is 26.7. The second kappa shape index (κ2) is 10.7. The van der Waals surface area contributed by atoms with Gasteiger partial charge in [0.1, 0.15) is 12.7 Å². The fourth-order valence-corrected chi connectivity index (χ4v) is 12.1. The van der Waals surface area contributed by atoms with E-state index in [0.717, 1.165) is 56.9 Å². The number of allylic oxidation sites excluding steroid dienone is 2. The van der Waals surface area contributed by atoms with Crippen molar-refractivity contribution in [3.8, 4) is 0 Å². The minimum absolute atomic E-state index is 0.00299. The zero-order valence-corrected chi connectivity index (χ0v) is 28.9. The number of benzene rings is 1. The smallest absolute Gasteiger partial charge is 0.313 e. The number of rotatable bonds is 5. The Hall–Kier alpha value is -2.10. The van der Waals surface area contributed by atoms with Crippen molar-refractivity contribution in [1.82, 2.24) is 0 Å². The number of hydrogen-bond donors (Lipinski definition) is 0. The molecule has 1 aromatic rings. The normalized spacial score (nSPS) is 42.0. The van der Waals surface area contributed by atoms with Crippen molar-refractivity contribution in [2.24, 2.45) is 50.2 Å². The lowest BCUT2D eigenvalue weighted by Gasteiger charge is -2.71. The van der Waals surface area contributed by atoms with Crippen molar-refractivity contribution in [2.45, 2.75) is 139 Å². The molecular weight excluding hydrogens is 544 g/mol. The van der Waals surface area contributed by atoms with Gasteiger partial charge in [0.05, 0.1) is 5.41 Å². The maximum Gasteiger partial charge on any atom is 0.313 e. The van der Waals surface area contributed by atoms with Gasteiger partial charge in [0.15, 0.2) is 0 Å². The van der Waals surface area contributed by atoms with Crippen LogP contribution in [0.1, 0.15) is 132 Å². The van der Waals surface area contributed by atoms with Crippen molar-refractivity contribution in [3.05, 3.63) is 47.5 Å². The average Bonchev–Trinajstić information content (AvgIpc) is 2.95. The van der Waals surface area contributed by atoms with E-state index in [9.17, 15) is 9.59 Å². The first-order chi connectivity index (χ1) is 20.6. The highest BCUT2D eigenvalue weighted by molar-refractivity contribution is 5.79. The molecule has 0 saturated heterocycles. The van der Waals surface area contributed by atoms with Gasteiger partial charge in [-0.25, -0.2) is 0 Å². The molecule has 6 rings (SSSR count). The third-order valence-electron chi connectivity index (χ3n) is 14.5. The summed E-state index contributed by atoms with van der Waals surface area (Å²) in [6.45, 7) is 19.6. The fourth-order valence-electron chi connectivity index (χ4n) is 12.1. The lowest BCUT2D eigenvalue weighted by atomic mass is 9.33. The van der Waals surface area contributed by atoms with E-state index in [-0.39, 0.29) is 51.0 Å². The summed E-state index contributed by atoms with van der Waals surface area (Å²) in [6.07, 6.45) is 13.5. The van der Waals surface area contributed by atoms with Crippen LogP contribution in [0.5, 0.6) is 0 Å². The number of fused-ring (bicyclic) bond motifs is 7. The first-order valence-electron chi connectivity index (χ1n) is 17.7. The van der Waals surface area contributed by atoms with Crippen molar-refractivity contribution >= 4 is 11.9 Å². The molecular formula is C40H58O4. The quantitative estimate of drug-likeness (QED) is 0.249. The van der Waals surface area contributed by atoms with Crippen LogP contribution < -0.4 is 0 Å². The van der Waals surface area contributed by atoms with Crippen LogP contribution in [0.25, 0.3) is 0 Å². The minimum Gasteiger partial charge on any atom is -0.462 e. The van der Waals surface area contributed by atoms with E-state index in [1.165, 1.54) is 12.8 Å². The number of carbonyl (C=O) groups is 2. The Labute approximate surface area is 267 Å². The zero-order chi connectivity index (χ0) is 31.8. The Balaban J connectivity index is 1.35. The molecule has 0 N–H and O–H groups in total. The third kappa shape index (κ3) is 4.82. The highest BCUT2D eigenvalue weighted by Crippen LogP contribution is 2.76. The molecule has 0 aromatic heterocycles. The van der Waals surface area contributed by atoms with Crippen LogP contribution >= 0.6 is 0 Å². The van der Waals surface area contributed by atoms with E-state index in [1.807, 2.05) is 37.3 Å². The van der Waals surface area contributed by atoms with Gasteiger partial charge in [-0.05, 0) is 115 Å². The van der Waals surface area contributed by atoms with Gasteiger partial charge in [-0.3, -0.25) is 9.59 Å². The van der Waals surface area contributed by atoms with Gasteiger partial charge >= 0.3 is 11.9 Å². The van der Waals surface area contributed by atoms with E-state index >= 15 is 0 Å². The van der Waals surface area contributed by atoms with Crippen LogP contribution in [0.2, 0.25) is 0 Å². The predicted molar refractivity (Wildman–Crippen MR) is 175 cm³/mol. The number of hydrogen-bond acceptors (Lipinski definition) is 4. The van der Waals surface area contributed by atoms with Gasteiger partial charge in [0.2, 0.25) is 0 Å². The topological polar surface area (TPSA) is 52.6 Å². The van der Waals surface area contributed by atoms with Gasteiger partial charge in [-0.1, -0.05) is 97.4 Å². The van der Waals surface area contributed by atoms with Gasteiger partial charge in [0, 0.05) is 6.42 Å². The molecule has 0 spiro atoms. The molecule has 4 nitrogen and oxygen atoms in total. The molecule has 4 fully saturated rings. The molecule has 0 bridgehead atoms.